The Morgan fingerprint density at radius 1 is 0.390 bits per heavy atom. The molecule has 10 aromatic rings. The van der Waals surface area contributed by atoms with Gasteiger partial charge in [-0.15, -0.1) is 0 Å². The summed E-state index contributed by atoms with van der Waals surface area (Å²) in [5, 5.41) is 0. The number of rotatable bonds is 13. The highest BCUT2D eigenvalue weighted by molar-refractivity contribution is 7.02. The van der Waals surface area contributed by atoms with Gasteiger partial charge in [0.25, 0.3) is 13.4 Å². The zero-order valence-electron chi connectivity index (χ0n) is 45.8. The largest absolute Gasteiger partial charge is 0.458 e. The number of hydrogen-bond acceptors (Lipinski definition) is 6. The summed E-state index contributed by atoms with van der Waals surface area (Å²) in [5.41, 5.74) is 23.0. The summed E-state index contributed by atoms with van der Waals surface area (Å²) >= 11 is 0. The summed E-state index contributed by atoms with van der Waals surface area (Å²) in [7, 11) is 0. The molecule has 0 bridgehead atoms. The van der Waals surface area contributed by atoms with Crippen molar-refractivity contribution < 1.29 is 4.74 Å². The molecular formula is C74H57B2N5O. The summed E-state index contributed by atoms with van der Waals surface area (Å²) < 4.78 is 7.22. The number of nitrogens with zero attached hydrogens (tertiary/aromatic N) is 5. The van der Waals surface area contributed by atoms with Crippen molar-refractivity contribution in [3.05, 3.63) is 310 Å². The van der Waals surface area contributed by atoms with Gasteiger partial charge in [0.2, 0.25) is 0 Å². The molecule has 0 spiro atoms. The SMILES string of the molecule is C=C/C=C\C(=C/C)N(c1ccccc1)c1cc2c3c(c1)N(c1ccccc1)c1cc4c(cc1B3c1ccccc1N2c1ccccc1)B1c2ccccc2Oc2cc(N(C(/C=C\C)=C/C=C)c3ccccc3)cc(c21)N4c1ccccc1. The third-order valence-electron chi connectivity index (χ3n) is 16.2. The van der Waals surface area contributed by atoms with Crippen molar-refractivity contribution in [2.24, 2.45) is 0 Å². The first-order chi connectivity index (χ1) is 40.6. The van der Waals surface area contributed by atoms with Crippen LogP contribution in [0.1, 0.15) is 13.8 Å². The summed E-state index contributed by atoms with van der Waals surface area (Å²) in [6.45, 7) is 12.1. The van der Waals surface area contributed by atoms with Gasteiger partial charge in [0, 0.05) is 80.0 Å². The van der Waals surface area contributed by atoms with Gasteiger partial charge in [-0.25, -0.2) is 0 Å². The maximum Gasteiger partial charge on any atom is 0.256 e. The molecule has 0 atom stereocenters. The topological polar surface area (TPSA) is 25.4 Å². The number of allylic oxidation sites excluding steroid dienone is 8. The van der Waals surface area contributed by atoms with Crippen molar-refractivity contribution in [2.45, 2.75) is 13.8 Å². The summed E-state index contributed by atoms with van der Waals surface area (Å²) in [6, 6.07) is 86.1. The lowest BCUT2D eigenvalue weighted by molar-refractivity contribution is 0.487. The van der Waals surface area contributed by atoms with Gasteiger partial charge in [-0.05, 0) is 162 Å². The molecule has 0 saturated carbocycles. The molecule has 0 fully saturated rings. The second kappa shape index (κ2) is 21.0. The third kappa shape index (κ3) is 8.21. The van der Waals surface area contributed by atoms with Gasteiger partial charge in [0.05, 0.1) is 11.4 Å². The van der Waals surface area contributed by atoms with Crippen LogP contribution in [0.2, 0.25) is 0 Å². The molecule has 10 aromatic carbocycles. The van der Waals surface area contributed by atoms with Crippen LogP contribution >= 0.6 is 0 Å². The number of para-hydroxylation sites is 7. The Hall–Kier alpha value is -10.4. The lowest BCUT2D eigenvalue weighted by Crippen LogP contribution is -2.64. The Morgan fingerprint density at radius 3 is 1.39 bits per heavy atom. The fourth-order valence-electron chi connectivity index (χ4n) is 12.9. The van der Waals surface area contributed by atoms with E-state index >= 15 is 0 Å². The Labute approximate surface area is 481 Å². The highest BCUT2D eigenvalue weighted by atomic mass is 16.5. The van der Waals surface area contributed by atoms with Crippen LogP contribution in [0, 0.1) is 0 Å². The molecule has 0 saturated heterocycles. The fourth-order valence-corrected chi connectivity index (χ4v) is 12.9. The molecule has 4 heterocycles. The van der Waals surface area contributed by atoms with Gasteiger partial charge < -0.3 is 29.2 Å². The van der Waals surface area contributed by atoms with Gasteiger partial charge in [-0.2, -0.15) is 0 Å². The van der Waals surface area contributed by atoms with Crippen molar-refractivity contribution in [2.75, 3.05) is 24.5 Å². The van der Waals surface area contributed by atoms with E-state index in [-0.39, 0.29) is 13.4 Å². The van der Waals surface area contributed by atoms with Crippen LogP contribution in [0.3, 0.4) is 0 Å². The molecule has 8 heteroatoms. The minimum atomic E-state index is -0.177. The first-order valence-electron chi connectivity index (χ1n) is 28.1. The first-order valence-corrected chi connectivity index (χ1v) is 28.1. The van der Waals surface area contributed by atoms with Gasteiger partial charge in [-0.1, -0.05) is 177 Å². The standard InChI is InChI=1S/C74H57B2N5O/c1-5-9-31-52(8-4)77(54-32-15-10-16-33-54)59-46-68-73-69(47-59)80(57-38-21-13-22-39-57)66-51-67-64(50-63(66)75(73)61-42-25-27-44-65(61)79(68)56-36-19-12-20-37-56)76-62-43-26-28-45-71(62)82-72-49-60(48-70(74(72)76)81(67)58-40-23-14-24-41-58)78(53(29-6-2)30-7-3)55-34-17-11-18-35-55/h5-51H,1-2H2,3-4H3/b30-7-,31-9-,52-8+,53-29+. The molecule has 0 aromatic heterocycles. The van der Waals surface area contributed by atoms with Gasteiger partial charge in [-0.3, -0.25) is 0 Å². The Balaban J connectivity index is 1.10. The van der Waals surface area contributed by atoms with Crippen LogP contribution in [0.5, 0.6) is 11.5 Å². The second-order valence-electron chi connectivity index (χ2n) is 20.8. The number of ether oxygens (including phenoxy) is 1. The van der Waals surface area contributed by atoms with Crippen LogP contribution in [-0.2, 0) is 0 Å². The van der Waals surface area contributed by atoms with E-state index in [4.69, 9.17) is 4.74 Å². The number of anilines is 13. The Bertz CT molecular complexity index is 4240. The van der Waals surface area contributed by atoms with Crippen LogP contribution in [0.25, 0.3) is 0 Å². The van der Waals surface area contributed by atoms with E-state index in [0.717, 1.165) is 108 Å². The summed E-state index contributed by atoms with van der Waals surface area (Å²) in [6.07, 6.45) is 16.3. The highest BCUT2D eigenvalue weighted by Crippen LogP contribution is 2.50. The molecule has 14 rings (SSSR count). The van der Waals surface area contributed by atoms with Crippen molar-refractivity contribution in [3.63, 3.8) is 0 Å². The quantitative estimate of drug-likeness (QED) is 0.0843. The third-order valence-corrected chi connectivity index (χ3v) is 16.2. The number of hydrogen-bond donors (Lipinski definition) is 0. The van der Waals surface area contributed by atoms with Crippen molar-refractivity contribution in [1.29, 1.82) is 0 Å². The minimum absolute atomic E-state index is 0.160. The average Bonchev–Trinajstić information content (AvgIpc) is 1.32. The maximum absolute atomic E-state index is 7.22. The molecule has 0 N–H and O–H groups in total. The Kier molecular flexibility index (Phi) is 12.8. The van der Waals surface area contributed by atoms with Crippen molar-refractivity contribution >= 4 is 120 Å². The van der Waals surface area contributed by atoms with E-state index in [0.29, 0.717) is 0 Å². The van der Waals surface area contributed by atoms with Crippen molar-refractivity contribution in [3.8, 4) is 11.5 Å². The van der Waals surface area contributed by atoms with Gasteiger partial charge >= 0.3 is 0 Å². The average molecular weight is 1050 g/mol. The summed E-state index contributed by atoms with van der Waals surface area (Å²) in [5.74, 6) is 1.67. The molecule has 0 amide bonds. The fraction of sp³-hybridized carbons (Fsp3) is 0.0270. The predicted octanol–water partition coefficient (Wildman–Crippen LogP) is 15.7. The van der Waals surface area contributed by atoms with Crippen LogP contribution in [0.4, 0.5) is 73.9 Å². The molecular weight excluding hydrogens is 996 g/mol. The number of benzene rings is 10. The molecule has 4 aliphatic rings. The van der Waals surface area contributed by atoms with E-state index in [2.05, 4.69) is 318 Å². The van der Waals surface area contributed by atoms with Crippen LogP contribution in [0.15, 0.2) is 310 Å². The van der Waals surface area contributed by atoms with Crippen LogP contribution < -0.4 is 62.0 Å². The van der Waals surface area contributed by atoms with Crippen LogP contribution in [-0.4, -0.2) is 13.4 Å². The van der Waals surface area contributed by atoms with E-state index in [9.17, 15) is 0 Å². The molecule has 0 radical (unpaired) electrons. The zero-order chi connectivity index (χ0) is 55.3. The summed E-state index contributed by atoms with van der Waals surface area (Å²) in [4.78, 5) is 12.2. The molecule has 6 nitrogen and oxygen atoms in total. The molecule has 4 aliphatic heterocycles. The molecule has 0 aliphatic carbocycles. The van der Waals surface area contributed by atoms with Gasteiger partial charge in [0.1, 0.15) is 11.5 Å². The smallest absolute Gasteiger partial charge is 0.256 e. The minimum Gasteiger partial charge on any atom is -0.458 e. The second-order valence-corrected chi connectivity index (χ2v) is 20.8. The van der Waals surface area contributed by atoms with Gasteiger partial charge in [0.15, 0.2) is 0 Å². The normalized spacial score (nSPS) is 13.6. The lowest BCUT2D eigenvalue weighted by Gasteiger charge is -2.46. The maximum atomic E-state index is 7.22. The Morgan fingerprint density at radius 2 is 0.854 bits per heavy atom. The lowest BCUT2D eigenvalue weighted by atomic mass is 9.30. The highest BCUT2D eigenvalue weighted by Gasteiger charge is 2.48. The number of fused-ring (bicyclic) bond motifs is 8. The van der Waals surface area contributed by atoms with E-state index in [1.807, 2.05) is 18.2 Å². The van der Waals surface area contributed by atoms with E-state index < -0.39 is 0 Å². The monoisotopic (exact) mass is 1050 g/mol. The van der Waals surface area contributed by atoms with Crippen molar-refractivity contribution in [1.82, 2.24) is 0 Å². The first kappa shape index (κ1) is 49.8. The molecule has 0 unspecified atom stereocenters. The zero-order valence-corrected chi connectivity index (χ0v) is 45.8. The van der Waals surface area contributed by atoms with E-state index in [1.54, 1.807) is 0 Å². The molecule has 82 heavy (non-hydrogen) atoms. The molecule has 390 valence electrons. The van der Waals surface area contributed by atoms with E-state index in [1.165, 1.54) is 21.9 Å². The predicted molar refractivity (Wildman–Crippen MR) is 350 cm³/mol.